The van der Waals surface area contributed by atoms with E-state index in [1.807, 2.05) is 11.2 Å². The average Bonchev–Trinajstić information content (AvgIpc) is 2.52. The molecule has 0 aromatic rings. The van der Waals surface area contributed by atoms with Gasteiger partial charge in [-0.2, -0.15) is 11.8 Å². The molecule has 0 aliphatic carbocycles. The van der Waals surface area contributed by atoms with E-state index in [4.69, 9.17) is 0 Å². The Balaban J connectivity index is 2.39. The van der Waals surface area contributed by atoms with Crippen LogP contribution in [0.15, 0.2) is 5.10 Å². The van der Waals surface area contributed by atoms with Crippen molar-refractivity contribution < 1.29 is 5.03 Å². The van der Waals surface area contributed by atoms with Crippen LogP contribution in [0.4, 0.5) is 0 Å². The van der Waals surface area contributed by atoms with Crippen LogP contribution < -0.4 is 5.32 Å². The van der Waals surface area contributed by atoms with Crippen LogP contribution in [-0.2, 0) is 0 Å². The first-order valence-corrected chi connectivity index (χ1v) is 5.84. The molecule has 14 heavy (non-hydrogen) atoms. The number of hydrogen-bond acceptors (Lipinski definition) is 3. The highest BCUT2D eigenvalue weighted by Crippen LogP contribution is 2.02. The summed E-state index contributed by atoms with van der Waals surface area (Å²) in [4.78, 5) is 12.1. The molecule has 0 bridgehead atoms. The highest BCUT2D eigenvalue weighted by Gasteiger charge is 2.20. The second kappa shape index (κ2) is 5.69. The van der Waals surface area contributed by atoms with Gasteiger partial charge in [0, 0.05) is 19.6 Å². The standard InChI is InChI=1S/C7H14N4O2S/c1-14-6-2-4-10-5-3-8-7(10)9-11(12)13/h2-6H2,1H3,(H,8,9). The summed E-state index contributed by atoms with van der Waals surface area (Å²) < 4.78 is 0. The van der Waals surface area contributed by atoms with E-state index in [1.165, 1.54) is 0 Å². The van der Waals surface area contributed by atoms with Gasteiger partial charge in [-0.1, -0.05) is 0 Å². The van der Waals surface area contributed by atoms with Crippen LogP contribution >= 0.6 is 11.8 Å². The minimum absolute atomic E-state index is 0.399. The molecule has 1 saturated heterocycles. The van der Waals surface area contributed by atoms with Gasteiger partial charge in [-0.05, 0) is 18.4 Å². The van der Waals surface area contributed by atoms with E-state index in [-0.39, 0.29) is 0 Å². The maximum atomic E-state index is 10.2. The van der Waals surface area contributed by atoms with Crippen molar-refractivity contribution in [1.82, 2.24) is 10.2 Å². The fraction of sp³-hybridized carbons (Fsp3) is 0.857. The zero-order valence-electron chi connectivity index (χ0n) is 8.10. The molecule has 0 aromatic heterocycles. The maximum absolute atomic E-state index is 10.2. The van der Waals surface area contributed by atoms with Gasteiger partial charge >= 0.3 is 0 Å². The van der Waals surface area contributed by atoms with Crippen LogP contribution in [0.25, 0.3) is 0 Å². The molecule has 1 aliphatic heterocycles. The Kier molecular flexibility index (Phi) is 4.51. The lowest BCUT2D eigenvalue weighted by molar-refractivity contribution is -0.485. The monoisotopic (exact) mass is 218 g/mol. The second-order valence-corrected chi connectivity index (χ2v) is 3.91. The first kappa shape index (κ1) is 11.1. The molecule has 1 heterocycles. The number of guanidine groups is 1. The van der Waals surface area contributed by atoms with E-state index in [9.17, 15) is 10.1 Å². The van der Waals surface area contributed by atoms with Gasteiger partial charge in [0.25, 0.3) is 5.96 Å². The molecule has 7 heteroatoms. The summed E-state index contributed by atoms with van der Waals surface area (Å²) in [5, 5.41) is 15.7. The Morgan fingerprint density at radius 3 is 3.21 bits per heavy atom. The fourth-order valence-electron chi connectivity index (χ4n) is 1.31. The van der Waals surface area contributed by atoms with Crippen molar-refractivity contribution in [2.24, 2.45) is 5.10 Å². The zero-order chi connectivity index (χ0) is 10.4. The minimum atomic E-state index is -0.658. The second-order valence-electron chi connectivity index (χ2n) is 2.92. The third-order valence-electron chi connectivity index (χ3n) is 1.92. The minimum Gasteiger partial charge on any atom is -0.349 e. The number of rotatable bonds is 5. The van der Waals surface area contributed by atoms with E-state index in [2.05, 4.69) is 10.4 Å². The number of hydrazone groups is 1. The van der Waals surface area contributed by atoms with E-state index in [0.717, 1.165) is 31.8 Å². The number of nitro groups is 1. The Morgan fingerprint density at radius 2 is 2.57 bits per heavy atom. The zero-order valence-corrected chi connectivity index (χ0v) is 8.92. The molecule has 0 amide bonds. The summed E-state index contributed by atoms with van der Waals surface area (Å²) in [6, 6.07) is 0. The molecule has 1 N–H and O–H groups in total. The van der Waals surface area contributed by atoms with E-state index >= 15 is 0 Å². The van der Waals surface area contributed by atoms with Crippen molar-refractivity contribution in [3.63, 3.8) is 0 Å². The van der Waals surface area contributed by atoms with Crippen molar-refractivity contribution in [3.8, 4) is 0 Å². The van der Waals surface area contributed by atoms with Gasteiger partial charge in [0.2, 0.25) is 0 Å². The molecular formula is C7H14N4O2S. The van der Waals surface area contributed by atoms with Crippen LogP contribution in [0, 0.1) is 10.1 Å². The van der Waals surface area contributed by atoms with E-state index in [0.29, 0.717) is 5.96 Å². The van der Waals surface area contributed by atoms with E-state index in [1.54, 1.807) is 11.8 Å². The van der Waals surface area contributed by atoms with Crippen LogP contribution in [0.3, 0.4) is 0 Å². The summed E-state index contributed by atoms with van der Waals surface area (Å²) in [6.45, 7) is 2.38. The molecule has 6 nitrogen and oxygen atoms in total. The van der Waals surface area contributed by atoms with Crippen LogP contribution in [0.1, 0.15) is 6.42 Å². The summed E-state index contributed by atoms with van der Waals surface area (Å²) in [7, 11) is 0. The lowest BCUT2D eigenvalue weighted by Gasteiger charge is -2.14. The Labute approximate surface area is 86.9 Å². The molecule has 1 rings (SSSR count). The van der Waals surface area contributed by atoms with Crippen LogP contribution in [0.2, 0.25) is 0 Å². The predicted molar refractivity (Wildman–Crippen MR) is 57.0 cm³/mol. The van der Waals surface area contributed by atoms with Crippen molar-refractivity contribution in [3.05, 3.63) is 10.1 Å². The predicted octanol–water partition coefficient (Wildman–Crippen LogP) is 0.192. The lowest BCUT2D eigenvalue weighted by Crippen LogP contribution is -2.32. The molecule has 1 aliphatic rings. The third kappa shape index (κ3) is 3.41. The van der Waals surface area contributed by atoms with Gasteiger partial charge in [0.05, 0.1) is 0 Å². The number of nitrogens with zero attached hydrogens (tertiary/aromatic N) is 3. The highest BCUT2D eigenvalue weighted by molar-refractivity contribution is 7.98. The molecule has 0 radical (unpaired) electrons. The van der Waals surface area contributed by atoms with Crippen LogP contribution in [-0.4, -0.2) is 47.5 Å². The van der Waals surface area contributed by atoms with Crippen molar-refractivity contribution >= 4 is 17.7 Å². The average molecular weight is 218 g/mol. The Bertz CT molecular complexity index is 234. The van der Waals surface area contributed by atoms with Crippen molar-refractivity contribution in [2.75, 3.05) is 31.6 Å². The van der Waals surface area contributed by atoms with Gasteiger partial charge in [0.1, 0.15) is 5.10 Å². The number of thioether (sulfide) groups is 1. The normalized spacial score (nSPS) is 18.6. The first-order chi connectivity index (χ1) is 6.74. The molecular weight excluding hydrogens is 204 g/mol. The first-order valence-electron chi connectivity index (χ1n) is 4.45. The summed E-state index contributed by atoms with van der Waals surface area (Å²) >= 11 is 1.78. The topological polar surface area (TPSA) is 70.8 Å². The Morgan fingerprint density at radius 1 is 1.79 bits per heavy atom. The quantitative estimate of drug-likeness (QED) is 0.405. The lowest BCUT2D eigenvalue weighted by atomic mass is 10.4. The third-order valence-corrected chi connectivity index (χ3v) is 2.61. The molecule has 0 aromatic carbocycles. The van der Waals surface area contributed by atoms with Crippen LogP contribution in [0.5, 0.6) is 0 Å². The van der Waals surface area contributed by atoms with Gasteiger partial charge in [-0.25, -0.2) is 10.1 Å². The van der Waals surface area contributed by atoms with Gasteiger partial charge < -0.3 is 10.2 Å². The van der Waals surface area contributed by atoms with Crippen molar-refractivity contribution in [2.45, 2.75) is 6.42 Å². The fourth-order valence-corrected chi connectivity index (χ4v) is 1.73. The molecule has 0 unspecified atom stereocenters. The molecule has 0 spiro atoms. The molecule has 0 atom stereocenters. The van der Waals surface area contributed by atoms with Gasteiger partial charge in [0.15, 0.2) is 5.03 Å². The largest absolute Gasteiger partial charge is 0.349 e. The van der Waals surface area contributed by atoms with Gasteiger partial charge in [-0.15, -0.1) is 0 Å². The molecule has 1 fully saturated rings. The summed E-state index contributed by atoms with van der Waals surface area (Å²) in [5.41, 5.74) is 0. The number of nitrogens with one attached hydrogen (secondary N) is 1. The SMILES string of the molecule is CSCCCN1CCNC1=N[N+](=O)[O-]. The Hall–Kier alpha value is -0.980. The molecule has 80 valence electrons. The summed E-state index contributed by atoms with van der Waals surface area (Å²) in [6.07, 6.45) is 3.08. The van der Waals surface area contributed by atoms with Gasteiger partial charge in [-0.3, -0.25) is 0 Å². The molecule has 0 saturated carbocycles. The highest BCUT2D eigenvalue weighted by atomic mass is 32.2. The smallest absolute Gasteiger partial charge is 0.271 e. The number of hydrogen-bond donors (Lipinski definition) is 1. The maximum Gasteiger partial charge on any atom is 0.271 e. The van der Waals surface area contributed by atoms with Crippen molar-refractivity contribution in [1.29, 1.82) is 0 Å². The summed E-state index contributed by atoms with van der Waals surface area (Å²) in [5.74, 6) is 1.47. The van der Waals surface area contributed by atoms with E-state index < -0.39 is 5.03 Å².